The number of carbonyl (C=O) groups excluding carboxylic acids is 3. The molecule has 6 nitrogen and oxygen atoms in total. The van der Waals surface area contributed by atoms with Gasteiger partial charge < -0.3 is 16.0 Å². The van der Waals surface area contributed by atoms with Crippen molar-refractivity contribution in [1.82, 2.24) is 10.6 Å². The van der Waals surface area contributed by atoms with Crippen LogP contribution in [0.2, 0.25) is 0 Å². The third-order valence-electron chi connectivity index (χ3n) is 3.35. The van der Waals surface area contributed by atoms with E-state index in [1.807, 2.05) is 0 Å². The second-order valence-corrected chi connectivity index (χ2v) is 6.16. The van der Waals surface area contributed by atoms with Crippen molar-refractivity contribution in [3.63, 3.8) is 0 Å². The number of amides is 3. The molecule has 0 fully saturated rings. The summed E-state index contributed by atoms with van der Waals surface area (Å²) in [7, 11) is 1.59. The summed E-state index contributed by atoms with van der Waals surface area (Å²) >= 11 is 1.32. The van der Waals surface area contributed by atoms with Crippen LogP contribution in [0.3, 0.4) is 0 Å². The maximum atomic E-state index is 12.1. The second kappa shape index (κ2) is 8.26. The number of carbonyl (C=O) groups is 3. The number of benzene rings is 1. The molecule has 1 atom stereocenters. The highest BCUT2D eigenvalue weighted by Crippen LogP contribution is 2.11. The normalized spacial score (nSPS) is 11.4. The molecule has 3 N–H and O–H groups in total. The van der Waals surface area contributed by atoms with E-state index in [0.717, 1.165) is 5.56 Å². The van der Waals surface area contributed by atoms with Crippen molar-refractivity contribution in [3.05, 3.63) is 52.2 Å². The molecule has 7 heteroatoms. The number of likely N-dealkylation sites (N-methyl/N-ethyl adjacent to an activating group) is 1. The fourth-order valence-electron chi connectivity index (χ4n) is 1.97. The predicted octanol–water partition coefficient (Wildman–Crippen LogP) is 1.79. The van der Waals surface area contributed by atoms with Crippen LogP contribution in [0.4, 0.5) is 5.69 Å². The molecule has 0 saturated carbocycles. The van der Waals surface area contributed by atoms with Crippen LogP contribution >= 0.6 is 11.3 Å². The Kier molecular flexibility index (Phi) is 6.08. The van der Waals surface area contributed by atoms with Crippen LogP contribution in [0.25, 0.3) is 0 Å². The zero-order valence-corrected chi connectivity index (χ0v) is 14.3. The standard InChI is InChI=1S/C17H19N3O3S/c1-11(19-17(23)14-4-3-9-24-14)16(22)20-13-7-5-12(6-8-13)10-15(21)18-2/h3-9,11H,10H2,1-2H3,(H,18,21)(H,19,23)(H,20,22). The minimum atomic E-state index is -0.662. The summed E-state index contributed by atoms with van der Waals surface area (Å²) in [5.41, 5.74) is 1.46. The Labute approximate surface area is 144 Å². The predicted molar refractivity (Wildman–Crippen MR) is 94.1 cm³/mol. The van der Waals surface area contributed by atoms with Gasteiger partial charge >= 0.3 is 0 Å². The second-order valence-electron chi connectivity index (χ2n) is 5.21. The first kappa shape index (κ1) is 17.7. The Hall–Kier alpha value is -2.67. The number of nitrogens with one attached hydrogen (secondary N) is 3. The Morgan fingerprint density at radius 3 is 2.42 bits per heavy atom. The van der Waals surface area contributed by atoms with E-state index in [4.69, 9.17) is 0 Å². The van der Waals surface area contributed by atoms with E-state index in [1.165, 1.54) is 11.3 Å². The number of hydrogen-bond donors (Lipinski definition) is 3. The molecule has 0 radical (unpaired) electrons. The van der Waals surface area contributed by atoms with Crippen LogP contribution < -0.4 is 16.0 Å². The van der Waals surface area contributed by atoms with Gasteiger partial charge in [0.05, 0.1) is 11.3 Å². The third-order valence-corrected chi connectivity index (χ3v) is 4.22. The van der Waals surface area contributed by atoms with E-state index in [-0.39, 0.29) is 24.1 Å². The van der Waals surface area contributed by atoms with Gasteiger partial charge in [-0.25, -0.2) is 0 Å². The van der Waals surface area contributed by atoms with Crippen molar-refractivity contribution in [1.29, 1.82) is 0 Å². The van der Waals surface area contributed by atoms with Crippen molar-refractivity contribution >= 4 is 34.7 Å². The van der Waals surface area contributed by atoms with E-state index in [1.54, 1.807) is 55.7 Å². The molecule has 1 heterocycles. The smallest absolute Gasteiger partial charge is 0.261 e. The maximum absolute atomic E-state index is 12.1. The molecule has 0 aliphatic carbocycles. The zero-order valence-electron chi connectivity index (χ0n) is 13.5. The Morgan fingerprint density at radius 1 is 1.12 bits per heavy atom. The fraction of sp³-hybridized carbons (Fsp3) is 0.235. The van der Waals surface area contributed by atoms with Gasteiger partial charge in [0, 0.05) is 12.7 Å². The van der Waals surface area contributed by atoms with E-state index in [9.17, 15) is 14.4 Å². The van der Waals surface area contributed by atoms with Gasteiger partial charge in [-0.1, -0.05) is 18.2 Å². The van der Waals surface area contributed by atoms with Crippen molar-refractivity contribution in [2.24, 2.45) is 0 Å². The fourth-order valence-corrected chi connectivity index (χ4v) is 2.60. The average Bonchev–Trinajstić information content (AvgIpc) is 3.11. The number of thiophene rings is 1. The topological polar surface area (TPSA) is 87.3 Å². The van der Waals surface area contributed by atoms with E-state index in [2.05, 4.69) is 16.0 Å². The average molecular weight is 345 g/mol. The summed E-state index contributed by atoms with van der Waals surface area (Å²) in [6.07, 6.45) is 0.290. The summed E-state index contributed by atoms with van der Waals surface area (Å²) in [5, 5.41) is 9.75. The van der Waals surface area contributed by atoms with Gasteiger partial charge in [-0.2, -0.15) is 0 Å². The van der Waals surface area contributed by atoms with E-state index >= 15 is 0 Å². The maximum Gasteiger partial charge on any atom is 0.261 e. The van der Waals surface area contributed by atoms with Gasteiger partial charge in [0.1, 0.15) is 6.04 Å². The van der Waals surface area contributed by atoms with Crippen LogP contribution in [-0.4, -0.2) is 30.8 Å². The largest absolute Gasteiger partial charge is 0.359 e. The van der Waals surface area contributed by atoms with Crippen molar-refractivity contribution in [2.45, 2.75) is 19.4 Å². The lowest BCUT2D eigenvalue weighted by atomic mass is 10.1. The summed E-state index contributed by atoms with van der Waals surface area (Å²) in [6.45, 7) is 1.63. The molecule has 1 aromatic carbocycles. The SMILES string of the molecule is CNC(=O)Cc1ccc(NC(=O)C(C)NC(=O)c2cccs2)cc1. The Bertz CT molecular complexity index is 711. The van der Waals surface area contributed by atoms with Gasteiger partial charge in [0.15, 0.2) is 0 Å². The zero-order chi connectivity index (χ0) is 17.5. The van der Waals surface area contributed by atoms with Crippen LogP contribution in [-0.2, 0) is 16.0 Å². The molecule has 1 aromatic heterocycles. The van der Waals surface area contributed by atoms with Gasteiger partial charge in [0.2, 0.25) is 11.8 Å². The van der Waals surface area contributed by atoms with Gasteiger partial charge in [-0.05, 0) is 36.1 Å². The van der Waals surface area contributed by atoms with Gasteiger partial charge in [-0.3, -0.25) is 14.4 Å². The first-order chi connectivity index (χ1) is 11.5. The first-order valence-corrected chi connectivity index (χ1v) is 8.32. The molecule has 0 spiro atoms. The third kappa shape index (κ3) is 4.92. The van der Waals surface area contributed by atoms with Crippen molar-refractivity contribution in [3.8, 4) is 0 Å². The highest BCUT2D eigenvalue weighted by molar-refractivity contribution is 7.12. The molecule has 3 amide bonds. The Morgan fingerprint density at radius 2 is 1.83 bits per heavy atom. The monoisotopic (exact) mass is 345 g/mol. The molecule has 0 aliphatic heterocycles. The number of anilines is 1. The minimum Gasteiger partial charge on any atom is -0.359 e. The number of hydrogen-bond acceptors (Lipinski definition) is 4. The van der Waals surface area contributed by atoms with Crippen LogP contribution in [0.1, 0.15) is 22.2 Å². The summed E-state index contributed by atoms with van der Waals surface area (Å²) in [4.78, 5) is 35.9. The highest BCUT2D eigenvalue weighted by Gasteiger charge is 2.17. The molecule has 0 bridgehead atoms. The molecule has 0 aliphatic rings. The minimum absolute atomic E-state index is 0.0725. The first-order valence-electron chi connectivity index (χ1n) is 7.44. The molecule has 2 aromatic rings. The molecule has 1 unspecified atom stereocenters. The molecule has 126 valence electrons. The molecular weight excluding hydrogens is 326 g/mol. The number of rotatable bonds is 6. The van der Waals surface area contributed by atoms with Gasteiger partial charge in [0.25, 0.3) is 5.91 Å². The van der Waals surface area contributed by atoms with E-state index < -0.39 is 6.04 Å². The van der Waals surface area contributed by atoms with Crippen LogP contribution in [0.5, 0.6) is 0 Å². The van der Waals surface area contributed by atoms with E-state index in [0.29, 0.717) is 10.6 Å². The van der Waals surface area contributed by atoms with Crippen molar-refractivity contribution < 1.29 is 14.4 Å². The van der Waals surface area contributed by atoms with Crippen LogP contribution in [0, 0.1) is 0 Å². The van der Waals surface area contributed by atoms with Gasteiger partial charge in [-0.15, -0.1) is 11.3 Å². The van der Waals surface area contributed by atoms with Crippen LogP contribution in [0.15, 0.2) is 41.8 Å². The molecular formula is C17H19N3O3S. The highest BCUT2D eigenvalue weighted by atomic mass is 32.1. The molecule has 24 heavy (non-hydrogen) atoms. The summed E-state index contributed by atoms with van der Waals surface area (Å²) < 4.78 is 0. The quantitative estimate of drug-likeness (QED) is 0.746. The lowest BCUT2D eigenvalue weighted by Crippen LogP contribution is -2.41. The van der Waals surface area contributed by atoms with Crippen molar-refractivity contribution in [2.75, 3.05) is 12.4 Å². The Balaban J connectivity index is 1.89. The lowest BCUT2D eigenvalue weighted by Gasteiger charge is -2.14. The summed E-state index contributed by atoms with van der Waals surface area (Å²) in [5.74, 6) is -0.649. The molecule has 0 saturated heterocycles. The lowest BCUT2D eigenvalue weighted by molar-refractivity contribution is -0.120. The molecule has 2 rings (SSSR count). The summed E-state index contributed by atoms with van der Waals surface area (Å²) in [6, 6.07) is 9.83.